The van der Waals surface area contributed by atoms with Crippen molar-refractivity contribution in [1.29, 1.82) is 0 Å². The van der Waals surface area contributed by atoms with Gasteiger partial charge >= 0.3 is 5.97 Å². The maximum absolute atomic E-state index is 12.1. The fourth-order valence-electron chi connectivity index (χ4n) is 3.58. The lowest BCUT2D eigenvalue weighted by Crippen LogP contribution is -2.05. The van der Waals surface area contributed by atoms with E-state index in [1.54, 1.807) is 11.3 Å². The maximum atomic E-state index is 12.1. The Morgan fingerprint density at radius 1 is 1.19 bits per heavy atom. The Kier molecular flexibility index (Phi) is 9.40. The van der Waals surface area contributed by atoms with Gasteiger partial charge in [-0.15, -0.1) is 11.3 Å². The molecule has 1 aliphatic rings. The normalized spacial score (nSPS) is 20.3. The monoisotopic (exact) mass is 374 g/mol. The molecule has 2 rings (SSSR count). The third-order valence-corrected chi connectivity index (χ3v) is 5.98. The third-order valence-electron chi connectivity index (χ3n) is 5.04. The number of thiophene rings is 1. The van der Waals surface area contributed by atoms with E-state index in [4.69, 9.17) is 5.11 Å². The Morgan fingerprint density at radius 2 is 2.08 bits per heavy atom. The molecule has 2 atom stereocenters. The van der Waals surface area contributed by atoms with Crippen molar-refractivity contribution < 1.29 is 14.7 Å². The standard InChI is InChI=1S/C22H30O3S/c23-20(11-6-12-21-13-7-17-26-21)16-15-19-10-5-9-18(19)8-3-1-2-4-14-22(24)25/h1,3,7,13,15-19H,2,4-6,8-12,14H2,(H,24,25)/b3-1-,16-15+/t18-,19?/m0/s1. The van der Waals surface area contributed by atoms with Crippen LogP contribution in [0.15, 0.2) is 41.8 Å². The van der Waals surface area contributed by atoms with Crippen LogP contribution in [0.2, 0.25) is 0 Å². The van der Waals surface area contributed by atoms with E-state index in [1.807, 2.05) is 6.08 Å². The molecular weight excluding hydrogens is 344 g/mol. The highest BCUT2D eigenvalue weighted by Gasteiger charge is 2.24. The summed E-state index contributed by atoms with van der Waals surface area (Å²) in [6, 6.07) is 4.19. The first-order valence-electron chi connectivity index (χ1n) is 9.75. The van der Waals surface area contributed by atoms with Crippen molar-refractivity contribution in [2.45, 2.75) is 64.2 Å². The summed E-state index contributed by atoms with van der Waals surface area (Å²) in [5.41, 5.74) is 0. The molecule has 1 aliphatic carbocycles. The van der Waals surface area contributed by atoms with E-state index in [1.165, 1.54) is 24.1 Å². The number of ketones is 1. The minimum Gasteiger partial charge on any atom is -0.481 e. The van der Waals surface area contributed by atoms with Gasteiger partial charge in [-0.1, -0.05) is 30.7 Å². The number of hydrogen-bond donors (Lipinski definition) is 1. The van der Waals surface area contributed by atoms with Gasteiger partial charge in [0.05, 0.1) is 0 Å². The molecule has 1 unspecified atom stereocenters. The number of allylic oxidation sites excluding steroid dienone is 4. The molecular formula is C22H30O3S. The Labute approximate surface area is 160 Å². The molecule has 4 heteroatoms. The molecule has 26 heavy (non-hydrogen) atoms. The quantitative estimate of drug-likeness (QED) is 0.285. The minimum atomic E-state index is -0.723. The van der Waals surface area contributed by atoms with Gasteiger partial charge in [-0.25, -0.2) is 0 Å². The van der Waals surface area contributed by atoms with Gasteiger partial charge in [0.1, 0.15) is 0 Å². The number of unbranched alkanes of at least 4 members (excludes halogenated alkanes) is 1. The molecule has 0 bridgehead atoms. The minimum absolute atomic E-state index is 0.244. The zero-order valence-corrected chi connectivity index (χ0v) is 16.3. The molecule has 0 amide bonds. The van der Waals surface area contributed by atoms with Gasteiger partial charge in [0.2, 0.25) is 0 Å². The molecule has 1 fully saturated rings. The van der Waals surface area contributed by atoms with Gasteiger partial charge in [0.15, 0.2) is 5.78 Å². The van der Waals surface area contributed by atoms with Crippen molar-refractivity contribution in [1.82, 2.24) is 0 Å². The van der Waals surface area contributed by atoms with Crippen molar-refractivity contribution >= 4 is 23.1 Å². The van der Waals surface area contributed by atoms with Gasteiger partial charge in [0.25, 0.3) is 0 Å². The molecule has 3 nitrogen and oxygen atoms in total. The van der Waals surface area contributed by atoms with Crippen LogP contribution in [0.1, 0.15) is 62.7 Å². The van der Waals surface area contributed by atoms with E-state index in [0.717, 1.165) is 25.7 Å². The van der Waals surface area contributed by atoms with Crippen LogP contribution in [0.5, 0.6) is 0 Å². The highest BCUT2D eigenvalue weighted by atomic mass is 32.1. The van der Waals surface area contributed by atoms with Crippen LogP contribution < -0.4 is 0 Å². The predicted molar refractivity (Wildman–Crippen MR) is 107 cm³/mol. The number of aryl methyl sites for hydroxylation is 1. The zero-order valence-electron chi connectivity index (χ0n) is 15.4. The van der Waals surface area contributed by atoms with E-state index in [-0.39, 0.29) is 12.2 Å². The van der Waals surface area contributed by atoms with Gasteiger partial charge < -0.3 is 5.11 Å². The second-order valence-electron chi connectivity index (χ2n) is 7.11. The molecule has 0 aliphatic heterocycles. The average molecular weight is 375 g/mol. The van der Waals surface area contributed by atoms with Crippen LogP contribution in [0.4, 0.5) is 0 Å². The van der Waals surface area contributed by atoms with Crippen LogP contribution in [0.25, 0.3) is 0 Å². The lowest BCUT2D eigenvalue weighted by molar-refractivity contribution is -0.137. The first-order chi connectivity index (χ1) is 12.6. The van der Waals surface area contributed by atoms with E-state index in [9.17, 15) is 9.59 Å². The van der Waals surface area contributed by atoms with E-state index < -0.39 is 5.97 Å². The van der Waals surface area contributed by atoms with Crippen LogP contribution in [0.3, 0.4) is 0 Å². The molecule has 0 saturated heterocycles. The summed E-state index contributed by atoms with van der Waals surface area (Å²) in [4.78, 5) is 23.9. The van der Waals surface area contributed by atoms with Crippen LogP contribution in [-0.4, -0.2) is 16.9 Å². The number of carboxylic acids is 1. The molecule has 1 saturated carbocycles. The van der Waals surface area contributed by atoms with Gasteiger partial charge in [-0.05, 0) is 74.3 Å². The summed E-state index contributed by atoms with van der Waals surface area (Å²) in [6.07, 6.45) is 17.3. The molecule has 1 heterocycles. The van der Waals surface area contributed by atoms with E-state index in [2.05, 4.69) is 35.7 Å². The van der Waals surface area contributed by atoms with Gasteiger partial charge in [-0.3, -0.25) is 9.59 Å². The van der Waals surface area contributed by atoms with Crippen molar-refractivity contribution in [2.75, 3.05) is 0 Å². The van der Waals surface area contributed by atoms with Crippen LogP contribution in [0, 0.1) is 11.8 Å². The molecule has 0 aromatic carbocycles. The summed E-state index contributed by atoms with van der Waals surface area (Å²) < 4.78 is 0. The highest BCUT2D eigenvalue weighted by Crippen LogP contribution is 2.35. The Bertz CT molecular complexity index is 601. The highest BCUT2D eigenvalue weighted by molar-refractivity contribution is 7.09. The Balaban J connectivity index is 1.64. The van der Waals surface area contributed by atoms with Crippen LogP contribution >= 0.6 is 11.3 Å². The number of aliphatic carboxylic acids is 1. The Hall–Kier alpha value is -1.68. The number of carbonyl (C=O) groups excluding carboxylic acids is 1. The fourth-order valence-corrected chi connectivity index (χ4v) is 4.33. The topological polar surface area (TPSA) is 54.4 Å². The molecule has 142 valence electrons. The smallest absolute Gasteiger partial charge is 0.303 e. The summed E-state index contributed by atoms with van der Waals surface area (Å²) in [5.74, 6) is 0.664. The number of hydrogen-bond acceptors (Lipinski definition) is 3. The number of carboxylic acid groups (broad SMARTS) is 1. The lowest BCUT2D eigenvalue weighted by Gasteiger charge is -2.13. The van der Waals surface area contributed by atoms with E-state index >= 15 is 0 Å². The van der Waals surface area contributed by atoms with E-state index in [0.29, 0.717) is 24.7 Å². The van der Waals surface area contributed by atoms with Gasteiger partial charge in [0, 0.05) is 17.7 Å². The predicted octanol–water partition coefficient (Wildman–Crippen LogP) is 5.81. The summed E-state index contributed by atoms with van der Waals surface area (Å²) in [6.45, 7) is 0. The first kappa shape index (κ1) is 20.6. The fraction of sp³-hybridized carbons (Fsp3) is 0.545. The second-order valence-corrected chi connectivity index (χ2v) is 8.14. The SMILES string of the molecule is O=C(O)CCC/C=C\C[C@H]1CCCC1/C=C/C(=O)CCCc1cccs1. The van der Waals surface area contributed by atoms with Crippen molar-refractivity contribution in [3.8, 4) is 0 Å². The van der Waals surface area contributed by atoms with Crippen molar-refractivity contribution in [3.63, 3.8) is 0 Å². The molecule has 1 N–H and O–H groups in total. The summed E-state index contributed by atoms with van der Waals surface area (Å²) in [7, 11) is 0. The zero-order chi connectivity index (χ0) is 18.6. The second kappa shape index (κ2) is 11.8. The number of carbonyl (C=O) groups is 2. The molecule has 1 aromatic rings. The Morgan fingerprint density at radius 3 is 2.85 bits per heavy atom. The van der Waals surface area contributed by atoms with Gasteiger partial charge in [-0.2, -0.15) is 0 Å². The van der Waals surface area contributed by atoms with Crippen LogP contribution in [-0.2, 0) is 16.0 Å². The van der Waals surface area contributed by atoms with Crippen molar-refractivity contribution in [2.24, 2.45) is 11.8 Å². The molecule has 1 aromatic heterocycles. The lowest BCUT2D eigenvalue weighted by atomic mass is 9.92. The summed E-state index contributed by atoms with van der Waals surface area (Å²) in [5, 5.41) is 10.7. The molecule has 0 radical (unpaired) electrons. The number of rotatable bonds is 12. The van der Waals surface area contributed by atoms with Crippen molar-refractivity contribution in [3.05, 3.63) is 46.7 Å². The maximum Gasteiger partial charge on any atom is 0.303 e. The third kappa shape index (κ3) is 8.13. The average Bonchev–Trinajstić information content (AvgIpc) is 3.27. The first-order valence-corrected chi connectivity index (χ1v) is 10.6. The molecule has 0 spiro atoms. The largest absolute Gasteiger partial charge is 0.481 e. The summed E-state index contributed by atoms with van der Waals surface area (Å²) >= 11 is 1.76.